The van der Waals surface area contributed by atoms with Crippen LogP contribution in [-0.4, -0.2) is 35.3 Å². The third kappa shape index (κ3) is 3.71. The second-order valence-corrected chi connectivity index (χ2v) is 6.11. The SMILES string of the molecule is O=C(O)N1CCC(Oc2ccc(C(F)(F)F)c(C3CC3)c2)CC1. The molecule has 1 aromatic rings. The Labute approximate surface area is 131 Å². The maximum absolute atomic E-state index is 13.0. The van der Waals surface area contributed by atoms with E-state index in [1.165, 1.54) is 17.0 Å². The van der Waals surface area contributed by atoms with Gasteiger partial charge in [-0.3, -0.25) is 0 Å². The lowest BCUT2D eigenvalue weighted by Crippen LogP contribution is -2.41. The molecular weight excluding hydrogens is 311 g/mol. The van der Waals surface area contributed by atoms with Crippen molar-refractivity contribution in [3.8, 4) is 5.75 Å². The van der Waals surface area contributed by atoms with E-state index in [0.717, 1.165) is 18.9 Å². The van der Waals surface area contributed by atoms with Crippen molar-refractivity contribution in [3.63, 3.8) is 0 Å². The van der Waals surface area contributed by atoms with Crippen LogP contribution in [0.15, 0.2) is 18.2 Å². The van der Waals surface area contributed by atoms with Crippen LogP contribution in [0.4, 0.5) is 18.0 Å². The highest BCUT2D eigenvalue weighted by molar-refractivity contribution is 5.65. The van der Waals surface area contributed by atoms with E-state index < -0.39 is 17.8 Å². The first-order valence-corrected chi connectivity index (χ1v) is 7.70. The first-order chi connectivity index (χ1) is 10.8. The minimum Gasteiger partial charge on any atom is -0.490 e. The van der Waals surface area contributed by atoms with Gasteiger partial charge in [-0.25, -0.2) is 4.79 Å². The maximum atomic E-state index is 13.0. The van der Waals surface area contributed by atoms with Gasteiger partial charge >= 0.3 is 12.3 Å². The van der Waals surface area contributed by atoms with Crippen molar-refractivity contribution in [2.75, 3.05) is 13.1 Å². The lowest BCUT2D eigenvalue weighted by Gasteiger charge is -2.30. The first kappa shape index (κ1) is 16.0. The number of ether oxygens (including phenoxy) is 1. The minimum absolute atomic E-state index is 0.0240. The van der Waals surface area contributed by atoms with E-state index >= 15 is 0 Å². The normalized spacial score (nSPS) is 19.7. The smallest absolute Gasteiger partial charge is 0.416 e. The summed E-state index contributed by atoms with van der Waals surface area (Å²) in [4.78, 5) is 12.2. The average molecular weight is 329 g/mol. The summed E-state index contributed by atoms with van der Waals surface area (Å²) in [5, 5.41) is 8.90. The Morgan fingerprint density at radius 2 is 1.83 bits per heavy atom. The number of carbonyl (C=O) groups is 1. The van der Waals surface area contributed by atoms with Gasteiger partial charge in [-0.05, 0) is 42.5 Å². The second kappa shape index (κ2) is 5.94. The Balaban J connectivity index is 1.70. The maximum Gasteiger partial charge on any atom is 0.416 e. The van der Waals surface area contributed by atoms with Gasteiger partial charge in [0.1, 0.15) is 11.9 Å². The standard InChI is InChI=1S/C16H18F3NO3/c17-16(18,19)14-4-3-12(9-13(14)10-1-2-10)23-11-5-7-20(8-6-11)15(21)22/h3-4,9-11H,1-2,5-8H2,(H,21,22). The molecule has 1 heterocycles. The lowest BCUT2D eigenvalue weighted by molar-refractivity contribution is -0.138. The lowest BCUT2D eigenvalue weighted by atomic mass is 10.0. The molecule has 7 heteroatoms. The molecule has 1 amide bonds. The molecule has 1 aromatic carbocycles. The van der Waals surface area contributed by atoms with Gasteiger partial charge in [-0.2, -0.15) is 13.2 Å². The molecule has 126 valence electrons. The van der Waals surface area contributed by atoms with Gasteiger partial charge in [0.05, 0.1) is 5.56 Å². The number of nitrogens with zero attached hydrogens (tertiary/aromatic N) is 1. The van der Waals surface area contributed by atoms with Gasteiger partial charge in [-0.1, -0.05) is 0 Å². The Morgan fingerprint density at radius 1 is 1.17 bits per heavy atom. The van der Waals surface area contributed by atoms with E-state index in [2.05, 4.69) is 0 Å². The summed E-state index contributed by atoms with van der Waals surface area (Å²) in [6.07, 6.45) is -2.79. The predicted molar refractivity (Wildman–Crippen MR) is 76.7 cm³/mol. The van der Waals surface area contributed by atoms with Crippen molar-refractivity contribution < 1.29 is 27.8 Å². The number of likely N-dealkylation sites (tertiary alicyclic amines) is 1. The van der Waals surface area contributed by atoms with E-state index in [9.17, 15) is 18.0 Å². The van der Waals surface area contributed by atoms with Gasteiger partial charge in [0.2, 0.25) is 0 Å². The van der Waals surface area contributed by atoms with Crippen LogP contribution in [0.3, 0.4) is 0 Å². The highest BCUT2D eigenvalue weighted by atomic mass is 19.4. The molecule has 0 atom stereocenters. The van der Waals surface area contributed by atoms with Crippen LogP contribution in [0.1, 0.15) is 42.7 Å². The van der Waals surface area contributed by atoms with Gasteiger partial charge in [0.15, 0.2) is 0 Å². The molecule has 1 aliphatic heterocycles. The molecule has 0 aromatic heterocycles. The van der Waals surface area contributed by atoms with Crippen LogP contribution in [-0.2, 0) is 6.18 Å². The molecule has 23 heavy (non-hydrogen) atoms. The highest BCUT2D eigenvalue weighted by Gasteiger charge is 2.38. The molecule has 1 aliphatic carbocycles. The van der Waals surface area contributed by atoms with Crippen molar-refractivity contribution >= 4 is 6.09 Å². The third-order valence-corrected chi connectivity index (χ3v) is 4.36. The molecule has 1 saturated carbocycles. The van der Waals surface area contributed by atoms with Crippen molar-refractivity contribution in [1.82, 2.24) is 4.90 Å². The first-order valence-electron chi connectivity index (χ1n) is 7.70. The van der Waals surface area contributed by atoms with Crippen LogP contribution in [0.5, 0.6) is 5.75 Å². The van der Waals surface area contributed by atoms with E-state index in [-0.39, 0.29) is 12.0 Å². The largest absolute Gasteiger partial charge is 0.490 e. The Hall–Kier alpha value is -1.92. The molecule has 2 aliphatic rings. The van der Waals surface area contributed by atoms with Crippen LogP contribution in [0.25, 0.3) is 0 Å². The molecule has 2 fully saturated rings. The Morgan fingerprint density at radius 3 is 2.35 bits per heavy atom. The molecule has 1 saturated heterocycles. The summed E-state index contributed by atoms with van der Waals surface area (Å²) in [7, 11) is 0. The number of benzene rings is 1. The molecule has 0 unspecified atom stereocenters. The Kier molecular flexibility index (Phi) is 4.12. The van der Waals surface area contributed by atoms with E-state index in [1.807, 2.05) is 0 Å². The van der Waals surface area contributed by atoms with Crippen molar-refractivity contribution in [2.24, 2.45) is 0 Å². The number of alkyl halides is 3. The quantitative estimate of drug-likeness (QED) is 0.908. The van der Waals surface area contributed by atoms with Crippen LogP contribution in [0.2, 0.25) is 0 Å². The van der Waals surface area contributed by atoms with Gasteiger partial charge < -0.3 is 14.7 Å². The highest BCUT2D eigenvalue weighted by Crippen LogP contribution is 2.47. The molecule has 0 spiro atoms. The number of amides is 1. The van der Waals surface area contributed by atoms with E-state index in [1.54, 1.807) is 0 Å². The number of hydrogen-bond acceptors (Lipinski definition) is 2. The van der Waals surface area contributed by atoms with Crippen molar-refractivity contribution in [2.45, 2.75) is 43.9 Å². The predicted octanol–water partition coefficient (Wildman–Crippen LogP) is 4.10. The molecule has 1 N–H and O–H groups in total. The zero-order valence-corrected chi connectivity index (χ0v) is 12.5. The molecule has 4 nitrogen and oxygen atoms in total. The summed E-state index contributed by atoms with van der Waals surface area (Å²) >= 11 is 0. The molecule has 3 rings (SSSR count). The molecule has 0 radical (unpaired) electrons. The number of hydrogen-bond donors (Lipinski definition) is 1. The zero-order valence-electron chi connectivity index (χ0n) is 12.5. The average Bonchev–Trinajstić information content (AvgIpc) is 3.31. The fourth-order valence-corrected chi connectivity index (χ4v) is 2.96. The zero-order chi connectivity index (χ0) is 16.6. The molecule has 0 bridgehead atoms. The summed E-state index contributed by atoms with van der Waals surface area (Å²) in [6.45, 7) is 0.770. The third-order valence-electron chi connectivity index (χ3n) is 4.36. The number of carboxylic acid groups (broad SMARTS) is 1. The van der Waals surface area contributed by atoms with Crippen molar-refractivity contribution in [3.05, 3.63) is 29.3 Å². The van der Waals surface area contributed by atoms with Crippen LogP contribution >= 0.6 is 0 Å². The summed E-state index contributed by atoms with van der Waals surface area (Å²) in [5.41, 5.74) is -0.258. The number of rotatable bonds is 3. The van der Waals surface area contributed by atoms with E-state index in [0.29, 0.717) is 37.2 Å². The van der Waals surface area contributed by atoms with Crippen LogP contribution < -0.4 is 4.74 Å². The second-order valence-electron chi connectivity index (χ2n) is 6.11. The fraction of sp³-hybridized carbons (Fsp3) is 0.562. The number of piperidine rings is 1. The summed E-state index contributed by atoms with van der Waals surface area (Å²) < 4.78 is 44.9. The molecular formula is C16H18F3NO3. The van der Waals surface area contributed by atoms with Crippen LogP contribution in [0, 0.1) is 0 Å². The van der Waals surface area contributed by atoms with Gasteiger partial charge in [0, 0.05) is 25.9 Å². The number of halogens is 3. The van der Waals surface area contributed by atoms with Gasteiger partial charge in [-0.15, -0.1) is 0 Å². The summed E-state index contributed by atoms with van der Waals surface area (Å²) in [5.74, 6) is 0.415. The van der Waals surface area contributed by atoms with Gasteiger partial charge in [0.25, 0.3) is 0 Å². The topological polar surface area (TPSA) is 49.8 Å². The fourth-order valence-electron chi connectivity index (χ4n) is 2.96. The van der Waals surface area contributed by atoms with E-state index in [4.69, 9.17) is 9.84 Å². The monoisotopic (exact) mass is 329 g/mol. The summed E-state index contributed by atoms with van der Waals surface area (Å²) in [6, 6.07) is 3.96. The van der Waals surface area contributed by atoms with Crippen molar-refractivity contribution in [1.29, 1.82) is 0 Å². The Bertz CT molecular complexity index is 591. The minimum atomic E-state index is -4.34.